The molecule has 0 aliphatic rings. The molecule has 156 valence electrons. The summed E-state index contributed by atoms with van der Waals surface area (Å²) < 4.78 is 20.3. The molecule has 31 heavy (non-hydrogen) atoms. The van der Waals surface area contributed by atoms with Crippen LogP contribution in [0.2, 0.25) is 5.02 Å². The van der Waals surface area contributed by atoms with Gasteiger partial charge in [0.2, 0.25) is 5.82 Å². The summed E-state index contributed by atoms with van der Waals surface area (Å²) in [6, 6.07) is 18.2. The van der Waals surface area contributed by atoms with Gasteiger partial charge in [0.05, 0.1) is 18.5 Å². The van der Waals surface area contributed by atoms with Gasteiger partial charge in [0, 0.05) is 10.6 Å². The Hall–Kier alpha value is -3.71. The van der Waals surface area contributed by atoms with Crippen LogP contribution in [0.1, 0.15) is 16.2 Å². The van der Waals surface area contributed by atoms with Crippen molar-refractivity contribution in [2.75, 3.05) is 12.4 Å². The smallest absolute Gasteiger partial charge is 0.295 e. The van der Waals surface area contributed by atoms with E-state index < -0.39 is 5.91 Å². The molecule has 1 amide bonds. The van der Waals surface area contributed by atoms with Crippen LogP contribution in [0, 0.1) is 12.7 Å². The molecule has 1 N–H and O–H groups in total. The summed E-state index contributed by atoms with van der Waals surface area (Å²) in [5, 5.41) is 7.72. The predicted molar refractivity (Wildman–Crippen MR) is 117 cm³/mol. The monoisotopic (exact) mass is 436 g/mol. The number of para-hydroxylation sites is 2. The maximum Gasteiger partial charge on any atom is 0.295 e. The maximum absolute atomic E-state index is 13.5. The van der Waals surface area contributed by atoms with Crippen molar-refractivity contribution in [3.05, 3.63) is 89.0 Å². The van der Waals surface area contributed by atoms with E-state index in [2.05, 4.69) is 15.4 Å². The minimum Gasteiger partial charge on any atom is -0.495 e. The number of aromatic nitrogens is 3. The standard InChI is InChI=1S/C23H18ClFN4O2/c1-14-7-10-16(24)13-19(14)29-22(15-8-11-17(25)12-9-15)27-21(28-29)23(30)26-18-5-3-4-6-20(18)31-2/h3-13H,1-2H3,(H,26,30). The Morgan fingerprint density at radius 1 is 1.10 bits per heavy atom. The Morgan fingerprint density at radius 3 is 2.58 bits per heavy atom. The Bertz CT molecular complexity index is 1250. The highest BCUT2D eigenvalue weighted by Gasteiger charge is 2.21. The van der Waals surface area contributed by atoms with Crippen LogP contribution in [-0.4, -0.2) is 27.8 Å². The molecule has 3 aromatic carbocycles. The van der Waals surface area contributed by atoms with Gasteiger partial charge in [-0.15, -0.1) is 5.10 Å². The van der Waals surface area contributed by atoms with Crippen molar-refractivity contribution >= 4 is 23.2 Å². The van der Waals surface area contributed by atoms with Crippen molar-refractivity contribution in [2.24, 2.45) is 0 Å². The van der Waals surface area contributed by atoms with Gasteiger partial charge in [-0.25, -0.2) is 14.1 Å². The third-order valence-electron chi connectivity index (χ3n) is 4.67. The highest BCUT2D eigenvalue weighted by molar-refractivity contribution is 6.30. The molecule has 1 heterocycles. The third kappa shape index (κ3) is 4.27. The van der Waals surface area contributed by atoms with Crippen molar-refractivity contribution in [3.8, 4) is 22.8 Å². The Labute approximate surface area is 183 Å². The lowest BCUT2D eigenvalue weighted by Gasteiger charge is -2.09. The fraction of sp³-hybridized carbons (Fsp3) is 0.0870. The number of methoxy groups -OCH3 is 1. The van der Waals surface area contributed by atoms with E-state index in [4.69, 9.17) is 16.3 Å². The summed E-state index contributed by atoms with van der Waals surface area (Å²) in [6.07, 6.45) is 0. The minimum atomic E-state index is -0.508. The zero-order valence-electron chi connectivity index (χ0n) is 16.8. The summed E-state index contributed by atoms with van der Waals surface area (Å²) >= 11 is 6.19. The number of benzene rings is 3. The summed E-state index contributed by atoms with van der Waals surface area (Å²) in [5.41, 5.74) is 2.64. The summed E-state index contributed by atoms with van der Waals surface area (Å²) in [7, 11) is 1.52. The number of carbonyl (C=O) groups is 1. The number of anilines is 1. The molecule has 4 aromatic rings. The number of hydrogen-bond acceptors (Lipinski definition) is 4. The van der Waals surface area contributed by atoms with E-state index in [9.17, 15) is 9.18 Å². The van der Waals surface area contributed by atoms with Gasteiger partial charge < -0.3 is 10.1 Å². The van der Waals surface area contributed by atoms with E-state index in [1.165, 1.54) is 23.9 Å². The molecule has 0 aliphatic heterocycles. The first-order chi connectivity index (χ1) is 15.0. The zero-order chi connectivity index (χ0) is 22.0. The second kappa shape index (κ2) is 8.57. The van der Waals surface area contributed by atoms with Crippen molar-refractivity contribution in [1.82, 2.24) is 14.8 Å². The molecule has 0 radical (unpaired) electrons. The molecule has 4 rings (SSSR count). The molecule has 0 aliphatic carbocycles. The van der Waals surface area contributed by atoms with Crippen LogP contribution in [0.25, 0.3) is 17.1 Å². The van der Waals surface area contributed by atoms with Crippen LogP contribution in [0.5, 0.6) is 5.75 Å². The van der Waals surface area contributed by atoms with Crippen LogP contribution in [-0.2, 0) is 0 Å². The molecule has 0 spiro atoms. The van der Waals surface area contributed by atoms with Gasteiger partial charge in [-0.3, -0.25) is 4.79 Å². The molecule has 8 heteroatoms. The second-order valence-electron chi connectivity index (χ2n) is 6.76. The maximum atomic E-state index is 13.5. The van der Waals surface area contributed by atoms with Gasteiger partial charge >= 0.3 is 0 Å². The molecule has 0 unspecified atom stereocenters. The van der Waals surface area contributed by atoms with E-state index in [1.54, 1.807) is 48.5 Å². The van der Waals surface area contributed by atoms with E-state index in [-0.39, 0.29) is 11.6 Å². The number of ether oxygens (including phenoxy) is 1. The van der Waals surface area contributed by atoms with Crippen LogP contribution in [0.15, 0.2) is 66.7 Å². The highest BCUT2D eigenvalue weighted by atomic mass is 35.5. The summed E-state index contributed by atoms with van der Waals surface area (Å²) in [5.74, 6) is -0.0333. The van der Waals surface area contributed by atoms with E-state index in [0.29, 0.717) is 33.5 Å². The van der Waals surface area contributed by atoms with Crippen LogP contribution >= 0.6 is 11.6 Å². The molecule has 0 saturated carbocycles. The molecule has 1 aromatic heterocycles. The Kier molecular flexibility index (Phi) is 5.68. The number of nitrogens with one attached hydrogen (secondary N) is 1. The van der Waals surface area contributed by atoms with Gasteiger partial charge in [0.1, 0.15) is 11.6 Å². The molecule has 0 atom stereocenters. The van der Waals surface area contributed by atoms with Crippen molar-refractivity contribution in [3.63, 3.8) is 0 Å². The number of halogens is 2. The molecule has 0 bridgehead atoms. The van der Waals surface area contributed by atoms with E-state index >= 15 is 0 Å². The normalized spacial score (nSPS) is 10.7. The first kappa shape index (κ1) is 20.6. The number of nitrogens with zero attached hydrogens (tertiary/aromatic N) is 3. The third-order valence-corrected chi connectivity index (χ3v) is 4.90. The topological polar surface area (TPSA) is 69.0 Å². The Morgan fingerprint density at radius 2 is 1.84 bits per heavy atom. The first-order valence-corrected chi connectivity index (χ1v) is 9.78. The number of aryl methyl sites for hydroxylation is 1. The van der Waals surface area contributed by atoms with Crippen molar-refractivity contribution < 1.29 is 13.9 Å². The van der Waals surface area contributed by atoms with Crippen LogP contribution in [0.3, 0.4) is 0 Å². The quantitative estimate of drug-likeness (QED) is 0.461. The predicted octanol–water partition coefficient (Wildman–Crippen LogP) is 5.30. The SMILES string of the molecule is COc1ccccc1NC(=O)c1nc(-c2ccc(F)cc2)n(-c2cc(Cl)ccc2C)n1. The fourth-order valence-corrected chi connectivity index (χ4v) is 3.27. The number of hydrogen-bond donors (Lipinski definition) is 1. The molecule has 0 saturated heterocycles. The van der Waals surface area contributed by atoms with E-state index in [1.807, 2.05) is 13.0 Å². The molecule has 0 fully saturated rings. The molecular formula is C23H18ClFN4O2. The summed E-state index contributed by atoms with van der Waals surface area (Å²) in [4.78, 5) is 17.4. The van der Waals surface area contributed by atoms with Gasteiger partial charge in [-0.05, 0) is 61.0 Å². The Balaban J connectivity index is 1.80. The average Bonchev–Trinajstić information content (AvgIpc) is 3.21. The van der Waals surface area contributed by atoms with Crippen LogP contribution < -0.4 is 10.1 Å². The zero-order valence-corrected chi connectivity index (χ0v) is 17.5. The number of carbonyl (C=O) groups excluding carboxylic acids is 1. The lowest BCUT2D eigenvalue weighted by Crippen LogP contribution is -2.15. The highest BCUT2D eigenvalue weighted by Crippen LogP contribution is 2.27. The van der Waals surface area contributed by atoms with Gasteiger partial charge in [-0.1, -0.05) is 29.8 Å². The van der Waals surface area contributed by atoms with Gasteiger partial charge in [0.15, 0.2) is 5.82 Å². The second-order valence-corrected chi connectivity index (χ2v) is 7.20. The fourth-order valence-electron chi connectivity index (χ4n) is 3.10. The van der Waals surface area contributed by atoms with Crippen molar-refractivity contribution in [1.29, 1.82) is 0 Å². The average molecular weight is 437 g/mol. The van der Waals surface area contributed by atoms with Crippen LogP contribution in [0.4, 0.5) is 10.1 Å². The summed E-state index contributed by atoms with van der Waals surface area (Å²) in [6.45, 7) is 1.90. The van der Waals surface area contributed by atoms with Crippen molar-refractivity contribution in [2.45, 2.75) is 6.92 Å². The van der Waals surface area contributed by atoms with E-state index in [0.717, 1.165) is 5.56 Å². The van der Waals surface area contributed by atoms with Gasteiger partial charge in [0.25, 0.3) is 5.91 Å². The molecular weight excluding hydrogens is 419 g/mol. The lowest BCUT2D eigenvalue weighted by atomic mass is 10.1. The lowest BCUT2D eigenvalue weighted by molar-refractivity contribution is 0.101. The minimum absolute atomic E-state index is 0.0513. The first-order valence-electron chi connectivity index (χ1n) is 9.40. The molecule has 6 nitrogen and oxygen atoms in total. The number of amides is 1. The van der Waals surface area contributed by atoms with Gasteiger partial charge in [-0.2, -0.15) is 0 Å². The largest absolute Gasteiger partial charge is 0.495 e. The number of rotatable bonds is 5.